The highest BCUT2D eigenvalue weighted by atomic mass is 35.5. The van der Waals surface area contributed by atoms with Crippen LogP contribution in [0.3, 0.4) is 0 Å². The molecule has 7 heteroatoms. The lowest BCUT2D eigenvalue weighted by molar-refractivity contribution is 0.199. The molecule has 3 rings (SSSR count). The predicted molar refractivity (Wildman–Crippen MR) is 119 cm³/mol. The third-order valence-electron chi connectivity index (χ3n) is 4.62. The fraction of sp³-hybridized carbons (Fsp3) is 0.381. The summed E-state index contributed by atoms with van der Waals surface area (Å²) in [6.07, 6.45) is 4.41. The molecule has 0 saturated carbocycles. The molecule has 2 aromatic heterocycles. The van der Waals surface area contributed by atoms with E-state index in [0.717, 1.165) is 53.4 Å². The van der Waals surface area contributed by atoms with E-state index in [0.29, 0.717) is 17.6 Å². The van der Waals surface area contributed by atoms with Gasteiger partial charge in [0, 0.05) is 42.4 Å². The van der Waals surface area contributed by atoms with Gasteiger partial charge in [0.1, 0.15) is 5.82 Å². The number of aromatic nitrogens is 2. The molecule has 1 aliphatic rings. The summed E-state index contributed by atoms with van der Waals surface area (Å²) < 4.78 is 5.49. The number of pyridine rings is 2. The highest BCUT2D eigenvalue weighted by molar-refractivity contribution is 8.03. The van der Waals surface area contributed by atoms with Crippen molar-refractivity contribution in [2.45, 2.75) is 27.2 Å². The number of thioether (sulfide) groups is 1. The number of rotatable bonds is 7. The van der Waals surface area contributed by atoms with Gasteiger partial charge in [0.2, 0.25) is 0 Å². The Morgan fingerprint density at radius 2 is 2.11 bits per heavy atom. The lowest BCUT2D eigenvalue weighted by Crippen LogP contribution is -2.31. The zero-order chi connectivity index (χ0) is 20.1. The monoisotopic (exact) mass is 416 g/mol. The van der Waals surface area contributed by atoms with Gasteiger partial charge in [0.15, 0.2) is 0 Å². The summed E-state index contributed by atoms with van der Waals surface area (Å²) in [5.41, 5.74) is 5.08. The Hall–Kier alpha value is -1.89. The first-order chi connectivity index (χ1) is 13.5. The van der Waals surface area contributed by atoms with Gasteiger partial charge in [-0.2, -0.15) is 0 Å². The molecule has 0 fully saturated rings. The second-order valence-electron chi connectivity index (χ2n) is 6.66. The molecular weight excluding hydrogens is 392 g/mol. The van der Waals surface area contributed by atoms with Gasteiger partial charge in [-0.25, -0.2) is 4.98 Å². The number of anilines is 1. The van der Waals surface area contributed by atoms with Crippen molar-refractivity contribution in [1.29, 1.82) is 0 Å². The maximum atomic E-state index is 6.47. The van der Waals surface area contributed by atoms with E-state index in [-0.39, 0.29) is 0 Å². The molecule has 0 amide bonds. The molecule has 0 N–H and O–H groups in total. The van der Waals surface area contributed by atoms with Crippen molar-refractivity contribution < 1.29 is 4.74 Å². The van der Waals surface area contributed by atoms with Crippen molar-refractivity contribution in [3.8, 4) is 11.3 Å². The van der Waals surface area contributed by atoms with Gasteiger partial charge >= 0.3 is 0 Å². The van der Waals surface area contributed by atoms with Crippen LogP contribution in [0.2, 0.25) is 5.02 Å². The maximum absolute atomic E-state index is 6.47. The van der Waals surface area contributed by atoms with Crippen molar-refractivity contribution in [2.75, 3.05) is 30.5 Å². The minimum absolute atomic E-state index is 0.607. The van der Waals surface area contributed by atoms with E-state index in [4.69, 9.17) is 16.3 Å². The number of halogens is 1. The van der Waals surface area contributed by atoms with Crippen molar-refractivity contribution >= 4 is 35.9 Å². The second-order valence-corrected chi connectivity index (χ2v) is 8.08. The van der Waals surface area contributed by atoms with E-state index in [1.54, 1.807) is 18.0 Å². The van der Waals surface area contributed by atoms with E-state index < -0.39 is 0 Å². The topological polar surface area (TPSA) is 50.6 Å². The van der Waals surface area contributed by atoms with Crippen LogP contribution < -0.4 is 4.90 Å². The molecule has 5 nitrogen and oxygen atoms in total. The third-order valence-corrected chi connectivity index (χ3v) is 5.92. The Morgan fingerprint density at radius 1 is 1.29 bits per heavy atom. The van der Waals surface area contributed by atoms with Gasteiger partial charge in [0.25, 0.3) is 0 Å². The van der Waals surface area contributed by atoms with Crippen LogP contribution in [0.15, 0.2) is 40.1 Å². The fourth-order valence-corrected chi connectivity index (χ4v) is 4.36. The Labute approximate surface area is 175 Å². The molecule has 3 heterocycles. The number of aryl methyl sites for hydroxylation is 2. The predicted octanol–water partition coefficient (Wildman–Crippen LogP) is 5.26. The van der Waals surface area contributed by atoms with Gasteiger partial charge in [-0.1, -0.05) is 29.4 Å². The molecule has 0 saturated heterocycles. The van der Waals surface area contributed by atoms with E-state index in [2.05, 4.69) is 39.6 Å². The van der Waals surface area contributed by atoms with Crippen LogP contribution >= 0.6 is 23.4 Å². The van der Waals surface area contributed by atoms with Crippen LogP contribution in [0.25, 0.3) is 11.3 Å². The average Bonchev–Trinajstić information content (AvgIpc) is 2.69. The van der Waals surface area contributed by atoms with E-state index >= 15 is 0 Å². The van der Waals surface area contributed by atoms with E-state index in [1.165, 1.54) is 4.91 Å². The first-order valence-corrected chi connectivity index (χ1v) is 10.6. The van der Waals surface area contributed by atoms with Crippen LogP contribution in [0.4, 0.5) is 5.82 Å². The molecule has 0 unspecified atom stereocenters. The summed E-state index contributed by atoms with van der Waals surface area (Å²) in [6, 6.07) is 4.15. The Balaban J connectivity index is 1.88. The molecule has 1 aliphatic heterocycles. The van der Waals surface area contributed by atoms with Gasteiger partial charge in [-0.3, -0.25) is 9.98 Å². The summed E-state index contributed by atoms with van der Waals surface area (Å²) in [5.74, 6) is 1.50. The normalized spacial score (nSPS) is 14.5. The Morgan fingerprint density at radius 3 is 2.82 bits per heavy atom. The second kappa shape index (κ2) is 9.54. The number of aliphatic imine (C=N–C) groups is 1. The standard InChI is InChI=1S/C21H25ClN4OS/c1-5-27-13-28-19-12-26(7-6-18(19)23-4)20-9-16(17(22)11-24-20)21-15(3)8-14(2)10-25-21/h8-11H,4-7,12-13H2,1-3H3. The Kier molecular flexibility index (Phi) is 7.10. The van der Waals surface area contributed by atoms with Crippen molar-refractivity contribution in [3.63, 3.8) is 0 Å². The Bertz CT molecular complexity index is 900. The molecule has 0 aromatic carbocycles. The first-order valence-electron chi connectivity index (χ1n) is 9.26. The number of hydrogen-bond donors (Lipinski definition) is 0. The van der Waals surface area contributed by atoms with Crippen LogP contribution in [0.1, 0.15) is 24.5 Å². The molecule has 0 aliphatic carbocycles. The summed E-state index contributed by atoms with van der Waals surface area (Å²) in [4.78, 5) is 16.8. The zero-order valence-corrected chi connectivity index (χ0v) is 18.1. The fourth-order valence-electron chi connectivity index (χ4n) is 3.19. The first kappa shape index (κ1) is 20.8. The molecule has 2 aromatic rings. The van der Waals surface area contributed by atoms with Gasteiger partial charge < -0.3 is 9.64 Å². The minimum Gasteiger partial charge on any atom is -0.371 e. The molecule has 148 valence electrons. The van der Waals surface area contributed by atoms with Crippen molar-refractivity contribution in [2.24, 2.45) is 4.99 Å². The number of hydrogen-bond acceptors (Lipinski definition) is 6. The van der Waals surface area contributed by atoms with Crippen LogP contribution in [0.5, 0.6) is 0 Å². The molecule has 0 atom stereocenters. The highest BCUT2D eigenvalue weighted by Crippen LogP contribution is 2.34. The van der Waals surface area contributed by atoms with Crippen molar-refractivity contribution in [3.05, 3.63) is 51.3 Å². The van der Waals surface area contributed by atoms with Gasteiger partial charge in [-0.05, 0) is 44.7 Å². The largest absolute Gasteiger partial charge is 0.371 e. The van der Waals surface area contributed by atoms with Gasteiger partial charge in [-0.15, -0.1) is 0 Å². The molecule has 0 radical (unpaired) electrons. The average molecular weight is 417 g/mol. The third kappa shape index (κ3) is 4.74. The number of ether oxygens (including phenoxy) is 1. The lowest BCUT2D eigenvalue weighted by Gasteiger charge is -2.30. The molecule has 0 spiro atoms. The smallest absolute Gasteiger partial charge is 0.129 e. The van der Waals surface area contributed by atoms with Crippen LogP contribution in [0, 0.1) is 13.8 Å². The summed E-state index contributed by atoms with van der Waals surface area (Å²) in [7, 11) is 0. The highest BCUT2D eigenvalue weighted by Gasteiger charge is 2.21. The molecule has 0 bridgehead atoms. The quantitative estimate of drug-likeness (QED) is 0.350. The number of nitrogens with zero attached hydrogens (tertiary/aromatic N) is 4. The van der Waals surface area contributed by atoms with E-state index in [1.807, 2.05) is 26.1 Å². The molecule has 28 heavy (non-hydrogen) atoms. The van der Waals surface area contributed by atoms with Crippen LogP contribution in [-0.4, -0.2) is 42.3 Å². The summed E-state index contributed by atoms with van der Waals surface area (Å²) in [6.45, 7) is 12.1. The summed E-state index contributed by atoms with van der Waals surface area (Å²) >= 11 is 8.14. The summed E-state index contributed by atoms with van der Waals surface area (Å²) in [5, 5.41) is 0.607. The van der Waals surface area contributed by atoms with Gasteiger partial charge in [0.05, 0.1) is 28.9 Å². The minimum atomic E-state index is 0.607. The van der Waals surface area contributed by atoms with Crippen molar-refractivity contribution in [1.82, 2.24) is 9.97 Å². The lowest BCUT2D eigenvalue weighted by atomic mass is 10.1. The zero-order valence-electron chi connectivity index (χ0n) is 16.5. The molecular formula is C21H25ClN4OS. The SMILES string of the molecule is C=NC1=C(SCOCC)CN(c2cc(-c3ncc(C)cc3C)c(Cl)cn2)CC1. The maximum Gasteiger partial charge on any atom is 0.129 e. The van der Waals surface area contributed by atoms with E-state index in [9.17, 15) is 0 Å². The van der Waals surface area contributed by atoms with Crippen LogP contribution in [-0.2, 0) is 4.74 Å².